The summed E-state index contributed by atoms with van der Waals surface area (Å²) in [6, 6.07) is 5.16. The zero-order chi connectivity index (χ0) is 24.5. The average molecular weight is 723 g/mol. The summed E-state index contributed by atoms with van der Waals surface area (Å²) < 4.78 is -3.79. The van der Waals surface area contributed by atoms with Gasteiger partial charge in [0, 0.05) is 17.5 Å². The lowest BCUT2D eigenvalue weighted by molar-refractivity contribution is 0.444. The Morgan fingerprint density at radius 2 is 1.15 bits per heavy atom. The van der Waals surface area contributed by atoms with Crippen molar-refractivity contribution in [3.05, 3.63) is 55.0 Å². The maximum atomic E-state index is 7.22. The second kappa shape index (κ2) is 7.39. The fraction of sp³-hybridized carbons (Fsp3) is 0.400. The van der Waals surface area contributed by atoms with Gasteiger partial charge in [0.1, 0.15) is 19.5 Å². The van der Waals surface area contributed by atoms with Crippen LogP contribution in [0.5, 0.6) is 0 Å². The molecule has 4 bridgehead atoms. The van der Waals surface area contributed by atoms with Crippen LogP contribution < -0.4 is 5.73 Å². The van der Waals surface area contributed by atoms with Gasteiger partial charge in [0.05, 0.1) is 20.1 Å². The van der Waals surface area contributed by atoms with Crippen LogP contribution in [0.4, 0.5) is 5.69 Å². The molecule has 1 saturated carbocycles. The molecule has 6 atom stereocenters. The van der Waals surface area contributed by atoms with E-state index < -0.39 is 40.0 Å². The maximum Gasteiger partial charge on any atom is 0.174 e. The first-order chi connectivity index (χ1) is 15.0. The van der Waals surface area contributed by atoms with E-state index in [-0.39, 0.29) is 32.5 Å². The van der Waals surface area contributed by atoms with Gasteiger partial charge in [-0.1, -0.05) is 98.9 Å². The highest BCUT2D eigenvalue weighted by Crippen LogP contribution is 2.86. The first-order valence-corrected chi connectivity index (χ1v) is 13.8. The molecule has 0 aliphatic heterocycles. The number of nitrogens with two attached hydrogens (primary N) is 1. The summed E-state index contributed by atoms with van der Waals surface area (Å²) in [5.41, 5.74) is 8.65. The lowest BCUT2D eigenvalue weighted by Gasteiger charge is -2.46. The number of hydrogen-bond donors (Lipinski definition) is 1. The summed E-state index contributed by atoms with van der Waals surface area (Å²) in [5.74, 6) is -1.60. The smallest absolute Gasteiger partial charge is 0.174 e. The molecule has 2 N–H and O–H groups in total. The van der Waals surface area contributed by atoms with Crippen molar-refractivity contribution in [3.8, 4) is 0 Å². The topological polar surface area (TPSA) is 26.0 Å². The van der Waals surface area contributed by atoms with Crippen molar-refractivity contribution in [3.63, 3.8) is 0 Å². The second-order valence-electron chi connectivity index (χ2n) is 8.74. The molecule has 0 heterocycles. The van der Waals surface area contributed by atoms with Crippen molar-refractivity contribution in [2.45, 2.75) is 34.1 Å². The van der Waals surface area contributed by atoms with Gasteiger partial charge < -0.3 is 5.73 Å². The fourth-order valence-corrected chi connectivity index (χ4v) is 12.0. The van der Waals surface area contributed by atoms with Gasteiger partial charge in [0.15, 0.2) is 8.67 Å². The molecule has 1 aromatic rings. The third-order valence-corrected chi connectivity index (χ3v) is 15.9. The molecule has 1 nitrogen and oxygen atoms in total. The molecule has 14 heteroatoms. The standard InChI is InChI=1S/C20H7Cl12N.ClH/c21-11-13(23)17(27)9-7(15(11,25)19(17,29)30)5-2-1-4(33)3-6(5)8-10(9)18(28)14(24)12(22)16(8,26)20(18,31)32;/h1-3,8,10H,33H2;1H. The third-order valence-electron chi connectivity index (χ3n) is 7.57. The number of allylic oxidation sites excluding steroid dienone is 6. The van der Waals surface area contributed by atoms with E-state index >= 15 is 0 Å². The molecule has 0 amide bonds. The molecule has 0 radical (unpaired) electrons. The molecule has 6 rings (SSSR count). The van der Waals surface area contributed by atoms with Crippen molar-refractivity contribution in [1.29, 1.82) is 0 Å². The number of rotatable bonds is 0. The monoisotopic (exact) mass is 717 g/mol. The minimum atomic E-state index is -1.91. The van der Waals surface area contributed by atoms with Gasteiger partial charge in [-0.05, 0) is 34.4 Å². The van der Waals surface area contributed by atoms with Crippen molar-refractivity contribution < 1.29 is 0 Å². The molecule has 0 saturated heterocycles. The zero-order valence-corrected chi connectivity index (χ0v) is 25.8. The van der Waals surface area contributed by atoms with E-state index in [2.05, 4.69) is 0 Å². The molecule has 34 heavy (non-hydrogen) atoms. The Morgan fingerprint density at radius 1 is 0.647 bits per heavy atom. The predicted octanol–water partition coefficient (Wildman–Crippen LogP) is 9.85. The van der Waals surface area contributed by atoms with E-state index in [9.17, 15) is 0 Å². The van der Waals surface area contributed by atoms with E-state index in [0.717, 1.165) is 0 Å². The van der Waals surface area contributed by atoms with Crippen LogP contribution in [0.15, 0.2) is 43.9 Å². The number of fused-ring (bicyclic) bond motifs is 13. The van der Waals surface area contributed by atoms with E-state index in [1.807, 2.05) is 0 Å². The first-order valence-electron chi connectivity index (χ1n) is 9.28. The molecule has 1 fully saturated rings. The number of nitrogen functional groups attached to an aromatic ring is 1. The Labute approximate surface area is 261 Å². The van der Waals surface area contributed by atoms with Crippen LogP contribution in [0.1, 0.15) is 17.0 Å². The lowest BCUT2D eigenvalue weighted by Crippen LogP contribution is -2.49. The van der Waals surface area contributed by atoms with Gasteiger partial charge in [-0.25, -0.2) is 0 Å². The minimum absolute atomic E-state index is 0. The lowest BCUT2D eigenvalue weighted by atomic mass is 9.64. The third kappa shape index (κ3) is 2.30. The SMILES string of the molecule is Cl.Nc1ccc2c(c1)C1C(C3=C2C2(Cl)C(Cl)=C(Cl)C3(Cl)C2(Cl)Cl)C2(Cl)C(Cl)=C(Cl)C1(Cl)C2(Cl)Cl. The normalized spacial score (nSPS) is 44.4. The van der Waals surface area contributed by atoms with Crippen LogP contribution in [-0.2, 0) is 0 Å². The molecule has 184 valence electrons. The van der Waals surface area contributed by atoms with Gasteiger partial charge >= 0.3 is 0 Å². The Balaban J connectivity index is 0.00000241. The van der Waals surface area contributed by atoms with Gasteiger partial charge in [0.2, 0.25) is 0 Å². The Hall–Kier alpha value is 2.01. The molecule has 1 aromatic carbocycles. The van der Waals surface area contributed by atoms with Gasteiger partial charge in [-0.2, -0.15) is 0 Å². The summed E-state index contributed by atoms with van der Waals surface area (Å²) in [6.07, 6.45) is 0. The van der Waals surface area contributed by atoms with Crippen molar-refractivity contribution in [2.75, 3.05) is 5.73 Å². The summed E-state index contributed by atoms with van der Waals surface area (Å²) in [4.78, 5) is -6.85. The zero-order valence-electron chi connectivity index (χ0n) is 15.9. The van der Waals surface area contributed by atoms with Crippen molar-refractivity contribution in [2.24, 2.45) is 5.92 Å². The van der Waals surface area contributed by atoms with Gasteiger partial charge in [-0.15, -0.1) is 58.8 Å². The average Bonchev–Trinajstić information content (AvgIpc) is 3.08. The summed E-state index contributed by atoms with van der Waals surface area (Å²) >= 11 is 83.0. The van der Waals surface area contributed by atoms with E-state index in [0.29, 0.717) is 28.0 Å². The van der Waals surface area contributed by atoms with Gasteiger partial charge in [0.25, 0.3) is 0 Å². The number of alkyl halides is 8. The molecular formula is C20H8Cl13N. The van der Waals surface area contributed by atoms with E-state index in [1.165, 1.54) is 0 Å². The summed E-state index contributed by atoms with van der Waals surface area (Å²) in [7, 11) is 0. The Kier molecular flexibility index (Phi) is 6.00. The molecule has 0 aromatic heterocycles. The number of anilines is 1. The number of benzene rings is 1. The summed E-state index contributed by atoms with van der Waals surface area (Å²) in [6.45, 7) is 0. The molecule has 5 aliphatic carbocycles. The van der Waals surface area contributed by atoms with Crippen LogP contribution in [0.3, 0.4) is 0 Å². The largest absolute Gasteiger partial charge is 0.399 e. The van der Waals surface area contributed by atoms with Crippen molar-refractivity contribution >= 4 is 163 Å². The second-order valence-corrected chi connectivity index (χ2v) is 15.2. The fourth-order valence-electron chi connectivity index (χ4n) is 6.24. The van der Waals surface area contributed by atoms with Crippen LogP contribution >= 0.6 is 152 Å². The summed E-state index contributed by atoms with van der Waals surface area (Å²) in [5, 5.41) is -0.0193. The number of halogens is 13. The highest BCUT2D eigenvalue weighted by Gasteiger charge is 2.88. The maximum absolute atomic E-state index is 7.22. The molecule has 6 unspecified atom stereocenters. The minimum Gasteiger partial charge on any atom is -0.399 e. The Morgan fingerprint density at radius 3 is 1.71 bits per heavy atom. The quantitative estimate of drug-likeness (QED) is 0.210. The predicted molar refractivity (Wildman–Crippen MR) is 152 cm³/mol. The van der Waals surface area contributed by atoms with Crippen molar-refractivity contribution in [1.82, 2.24) is 0 Å². The van der Waals surface area contributed by atoms with Crippen LogP contribution in [0.2, 0.25) is 0 Å². The van der Waals surface area contributed by atoms with Crippen LogP contribution in [-0.4, -0.2) is 28.2 Å². The van der Waals surface area contributed by atoms with E-state index in [4.69, 9.17) is 145 Å². The number of hydrogen-bond acceptors (Lipinski definition) is 1. The van der Waals surface area contributed by atoms with Crippen LogP contribution in [0.25, 0.3) is 5.57 Å². The first kappa shape index (κ1) is 27.6. The highest BCUT2D eigenvalue weighted by molar-refractivity contribution is 6.70. The van der Waals surface area contributed by atoms with E-state index in [1.54, 1.807) is 18.2 Å². The molecule has 5 aliphatic rings. The molecular weight excluding hydrogens is 715 g/mol. The van der Waals surface area contributed by atoms with Crippen LogP contribution in [0, 0.1) is 5.92 Å². The molecule has 0 spiro atoms. The van der Waals surface area contributed by atoms with Gasteiger partial charge in [-0.3, -0.25) is 0 Å². The Bertz CT molecular complexity index is 1310. The highest BCUT2D eigenvalue weighted by atomic mass is 35.5.